The lowest BCUT2D eigenvalue weighted by molar-refractivity contribution is 0.400. The maximum Gasteiger partial charge on any atom is 0.123 e. The van der Waals surface area contributed by atoms with Gasteiger partial charge in [0.2, 0.25) is 0 Å². The van der Waals surface area contributed by atoms with Gasteiger partial charge in [-0.25, -0.2) is 0 Å². The molecule has 0 saturated carbocycles. The second kappa shape index (κ2) is 7.70. The van der Waals surface area contributed by atoms with Crippen LogP contribution in [-0.2, 0) is 0 Å². The zero-order chi connectivity index (χ0) is 13.5. The van der Waals surface area contributed by atoms with Gasteiger partial charge in [0.15, 0.2) is 0 Å². The van der Waals surface area contributed by atoms with Gasteiger partial charge in [-0.1, -0.05) is 26.0 Å². The molecule has 0 aliphatic carbocycles. The van der Waals surface area contributed by atoms with E-state index in [1.807, 2.05) is 18.8 Å². The van der Waals surface area contributed by atoms with Crippen molar-refractivity contribution in [1.29, 1.82) is 0 Å². The van der Waals surface area contributed by atoms with E-state index in [1.165, 1.54) is 11.1 Å². The number of ether oxygens (including phenoxy) is 1. The van der Waals surface area contributed by atoms with Crippen molar-refractivity contribution in [2.24, 2.45) is 0 Å². The highest BCUT2D eigenvalue weighted by Crippen LogP contribution is 2.31. The summed E-state index contributed by atoms with van der Waals surface area (Å²) in [6.45, 7) is 4.41. The standard InChI is InChI=1S/C15H25NOS/c1-11(2)12-6-7-13(15(10-12)17-4)14(16-3)8-9-18-5/h6-7,10-11,14,16H,8-9H2,1-5H3. The molecule has 0 spiro atoms. The number of nitrogens with one attached hydrogen (secondary N) is 1. The Bertz CT molecular complexity index is 366. The topological polar surface area (TPSA) is 21.3 Å². The Balaban J connectivity index is 2.98. The average molecular weight is 267 g/mol. The molecular weight excluding hydrogens is 242 g/mol. The van der Waals surface area contributed by atoms with Crippen molar-refractivity contribution in [3.8, 4) is 5.75 Å². The van der Waals surface area contributed by atoms with Gasteiger partial charge in [-0.2, -0.15) is 11.8 Å². The molecule has 1 unspecified atom stereocenters. The van der Waals surface area contributed by atoms with Crippen molar-refractivity contribution in [2.45, 2.75) is 32.2 Å². The van der Waals surface area contributed by atoms with Crippen LogP contribution in [0.1, 0.15) is 43.4 Å². The predicted octanol–water partition coefficient (Wildman–Crippen LogP) is 3.83. The Kier molecular flexibility index (Phi) is 6.58. The van der Waals surface area contributed by atoms with Crippen molar-refractivity contribution in [3.05, 3.63) is 29.3 Å². The van der Waals surface area contributed by atoms with Crippen molar-refractivity contribution >= 4 is 11.8 Å². The normalized spacial score (nSPS) is 12.8. The molecule has 0 aromatic heterocycles. The molecule has 0 amide bonds. The first kappa shape index (κ1) is 15.4. The highest BCUT2D eigenvalue weighted by atomic mass is 32.2. The number of rotatable bonds is 7. The van der Waals surface area contributed by atoms with E-state index in [0.717, 1.165) is 17.9 Å². The first-order valence-electron chi connectivity index (χ1n) is 6.48. The van der Waals surface area contributed by atoms with E-state index in [-0.39, 0.29) is 0 Å². The van der Waals surface area contributed by atoms with Gasteiger partial charge in [-0.15, -0.1) is 0 Å². The summed E-state index contributed by atoms with van der Waals surface area (Å²) in [5.74, 6) is 2.69. The van der Waals surface area contributed by atoms with E-state index in [9.17, 15) is 0 Å². The molecule has 0 aliphatic rings. The highest BCUT2D eigenvalue weighted by Gasteiger charge is 2.15. The van der Waals surface area contributed by atoms with E-state index >= 15 is 0 Å². The first-order valence-corrected chi connectivity index (χ1v) is 7.87. The van der Waals surface area contributed by atoms with Gasteiger partial charge in [0.25, 0.3) is 0 Å². The van der Waals surface area contributed by atoms with Crippen LogP contribution in [0.25, 0.3) is 0 Å². The molecule has 0 bridgehead atoms. The summed E-state index contributed by atoms with van der Waals surface area (Å²) in [5.41, 5.74) is 2.59. The Labute approximate surface area is 116 Å². The third-order valence-electron chi connectivity index (χ3n) is 3.26. The van der Waals surface area contributed by atoms with Gasteiger partial charge in [-0.3, -0.25) is 0 Å². The van der Waals surface area contributed by atoms with Gasteiger partial charge in [0.05, 0.1) is 7.11 Å². The van der Waals surface area contributed by atoms with Crippen LogP contribution in [0.4, 0.5) is 0 Å². The van der Waals surface area contributed by atoms with Crippen LogP contribution in [0.5, 0.6) is 5.75 Å². The molecule has 0 saturated heterocycles. The minimum Gasteiger partial charge on any atom is -0.496 e. The van der Waals surface area contributed by atoms with Crippen molar-refractivity contribution in [3.63, 3.8) is 0 Å². The summed E-state index contributed by atoms with van der Waals surface area (Å²) in [6.07, 6.45) is 3.26. The third-order valence-corrected chi connectivity index (χ3v) is 3.90. The molecule has 1 aromatic rings. The summed E-state index contributed by atoms with van der Waals surface area (Å²) < 4.78 is 5.55. The maximum atomic E-state index is 5.55. The molecule has 0 heterocycles. The number of thioether (sulfide) groups is 1. The van der Waals surface area contributed by atoms with Crippen LogP contribution >= 0.6 is 11.8 Å². The molecule has 18 heavy (non-hydrogen) atoms. The van der Waals surface area contributed by atoms with Crippen LogP contribution in [-0.4, -0.2) is 26.2 Å². The van der Waals surface area contributed by atoms with E-state index in [0.29, 0.717) is 12.0 Å². The number of hydrogen-bond donors (Lipinski definition) is 1. The van der Waals surface area contributed by atoms with Crippen molar-refractivity contribution in [2.75, 3.05) is 26.2 Å². The van der Waals surface area contributed by atoms with Gasteiger partial charge in [0, 0.05) is 11.6 Å². The Morgan fingerprint density at radius 1 is 1.33 bits per heavy atom. The van der Waals surface area contributed by atoms with Crippen LogP contribution in [0.2, 0.25) is 0 Å². The minimum atomic E-state index is 0.369. The van der Waals surface area contributed by atoms with Crippen LogP contribution in [0, 0.1) is 0 Å². The molecule has 1 N–H and O–H groups in total. The SMILES string of the molecule is CNC(CCSC)c1ccc(C(C)C)cc1OC. The molecule has 0 radical (unpaired) electrons. The fourth-order valence-corrected chi connectivity index (χ4v) is 2.54. The Morgan fingerprint density at radius 2 is 2.06 bits per heavy atom. The largest absolute Gasteiger partial charge is 0.496 e. The fraction of sp³-hybridized carbons (Fsp3) is 0.600. The molecule has 3 heteroatoms. The van der Waals surface area contributed by atoms with Crippen molar-refractivity contribution in [1.82, 2.24) is 5.32 Å². The van der Waals surface area contributed by atoms with Crippen LogP contribution in [0.3, 0.4) is 0 Å². The van der Waals surface area contributed by atoms with Crippen LogP contribution < -0.4 is 10.1 Å². The molecule has 2 nitrogen and oxygen atoms in total. The van der Waals surface area contributed by atoms with Gasteiger partial charge in [0.1, 0.15) is 5.75 Å². The van der Waals surface area contributed by atoms with Gasteiger partial charge < -0.3 is 10.1 Å². The predicted molar refractivity (Wildman–Crippen MR) is 81.9 cm³/mol. The fourth-order valence-electron chi connectivity index (χ4n) is 2.07. The summed E-state index contributed by atoms with van der Waals surface area (Å²) in [6, 6.07) is 6.96. The quantitative estimate of drug-likeness (QED) is 0.811. The molecule has 0 aliphatic heterocycles. The third kappa shape index (κ3) is 3.92. The molecule has 1 atom stereocenters. The zero-order valence-electron chi connectivity index (χ0n) is 12.1. The maximum absolute atomic E-state index is 5.55. The number of hydrogen-bond acceptors (Lipinski definition) is 3. The molecule has 0 fully saturated rings. The lowest BCUT2D eigenvalue weighted by Crippen LogP contribution is -2.18. The lowest BCUT2D eigenvalue weighted by Gasteiger charge is -2.20. The minimum absolute atomic E-state index is 0.369. The molecular formula is C15H25NOS. The molecule has 1 aromatic carbocycles. The first-order chi connectivity index (χ1) is 8.63. The Morgan fingerprint density at radius 3 is 2.56 bits per heavy atom. The molecule has 102 valence electrons. The van der Waals surface area contributed by atoms with E-state index in [4.69, 9.17) is 4.74 Å². The van der Waals surface area contributed by atoms with Crippen molar-refractivity contribution < 1.29 is 4.74 Å². The second-order valence-corrected chi connectivity index (χ2v) is 5.76. The van der Waals surface area contributed by atoms with Gasteiger partial charge in [-0.05, 0) is 43.0 Å². The van der Waals surface area contributed by atoms with Crippen LogP contribution in [0.15, 0.2) is 18.2 Å². The summed E-state index contributed by atoms with van der Waals surface area (Å²) in [5, 5.41) is 3.38. The summed E-state index contributed by atoms with van der Waals surface area (Å²) in [7, 11) is 3.77. The smallest absolute Gasteiger partial charge is 0.123 e. The van der Waals surface area contributed by atoms with Gasteiger partial charge >= 0.3 is 0 Å². The second-order valence-electron chi connectivity index (χ2n) is 4.78. The monoisotopic (exact) mass is 267 g/mol. The average Bonchev–Trinajstić information content (AvgIpc) is 2.39. The summed E-state index contributed by atoms with van der Waals surface area (Å²) in [4.78, 5) is 0. The Hall–Kier alpha value is -0.670. The zero-order valence-corrected chi connectivity index (χ0v) is 12.9. The number of benzene rings is 1. The van der Waals surface area contributed by atoms with E-state index < -0.39 is 0 Å². The lowest BCUT2D eigenvalue weighted by atomic mass is 9.97. The summed E-state index contributed by atoms with van der Waals surface area (Å²) >= 11 is 1.88. The highest BCUT2D eigenvalue weighted by molar-refractivity contribution is 7.98. The van der Waals surface area contributed by atoms with E-state index in [1.54, 1.807) is 7.11 Å². The van der Waals surface area contributed by atoms with E-state index in [2.05, 4.69) is 43.6 Å². The number of methoxy groups -OCH3 is 1. The molecule has 1 rings (SSSR count).